The monoisotopic (exact) mass is 341 g/mol. The fourth-order valence-corrected chi connectivity index (χ4v) is 3.74. The van der Waals surface area contributed by atoms with Gasteiger partial charge in [0.25, 0.3) is 0 Å². The molecule has 2 heterocycles. The van der Waals surface area contributed by atoms with E-state index in [9.17, 15) is 0 Å². The SMILES string of the molecule is Clc1ccc(C2(CNC3=NCCCN3)CCOCC2)c(Cl)c1. The molecule has 22 heavy (non-hydrogen) atoms. The van der Waals surface area contributed by atoms with Crippen molar-refractivity contribution < 1.29 is 4.74 Å². The fourth-order valence-electron chi connectivity index (χ4n) is 3.13. The second-order valence-corrected chi connectivity index (χ2v) is 6.72. The Morgan fingerprint density at radius 2 is 2.09 bits per heavy atom. The number of benzene rings is 1. The van der Waals surface area contributed by atoms with Crippen molar-refractivity contribution in [2.24, 2.45) is 4.99 Å². The zero-order chi connectivity index (χ0) is 15.4. The Bertz CT molecular complexity index is 556. The Kier molecular flexibility index (Phi) is 5.11. The van der Waals surface area contributed by atoms with Gasteiger partial charge in [0, 0.05) is 48.3 Å². The third-order valence-electron chi connectivity index (χ3n) is 4.44. The standard InChI is InChI=1S/C16H21Cl2N3O/c17-12-2-3-13(14(18)10-12)16(4-8-22-9-5-16)11-21-15-19-6-1-7-20-15/h2-3,10H,1,4-9,11H2,(H2,19,20,21). The van der Waals surface area contributed by atoms with Crippen LogP contribution in [0.15, 0.2) is 23.2 Å². The zero-order valence-electron chi connectivity index (χ0n) is 12.5. The normalized spacial score (nSPS) is 20.9. The molecule has 0 spiro atoms. The Labute approximate surface area is 141 Å². The van der Waals surface area contributed by atoms with Gasteiger partial charge < -0.3 is 15.4 Å². The number of guanidine groups is 1. The van der Waals surface area contributed by atoms with E-state index in [4.69, 9.17) is 27.9 Å². The van der Waals surface area contributed by atoms with Crippen molar-refractivity contribution in [2.75, 3.05) is 32.8 Å². The molecule has 0 unspecified atom stereocenters. The molecule has 0 saturated carbocycles. The highest BCUT2D eigenvalue weighted by molar-refractivity contribution is 6.35. The molecule has 0 amide bonds. The largest absolute Gasteiger partial charge is 0.381 e. The number of rotatable bonds is 3. The van der Waals surface area contributed by atoms with Crippen molar-refractivity contribution in [3.8, 4) is 0 Å². The van der Waals surface area contributed by atoms with Crippen LogP contribution in [-0.4, -0.2) is 38.8 Å². The van der Waals surface area contributed by atoms with Crippen LogP contribution in [-0.2, 0) is 10.2 Å². The Hall–Kier alpha value is -0.970. The molecule has 1 aromatic carbocycles. The molecular formula is C16H21Cl2N3O. The van der Waals surface area contributed by atoms with Crippen LogP contribution in [0.1, 0.15) is 24.8 Å². The minimum absolute atomic E-state index is 0.0401. The van der Waals surface area contributed by atoms with Crippen molar-refractivity contribution in [1.82, 2.24) is 10.6 Å². The smallest absolute Gasteiger partial charge is 0.191 e. The number of nitrogens with zero attached hydrogens (tertiary/aromatic N) is 1. The molecule has 2 aliphatic rings. The average molecular weight is 342 g/mol. The average Bonchev–Trinajstić information content (AvgIpc) is 2.55. The summed E-state index contributed by atoms with van der Waals surface area (Å²) < 4.78 is 5.56. The summed E-state index contributed by atoms with van der Waals surface area (Å²) in [5.41, 5.74) is 1.10. The first-order valence-corrected chi connectivity index (χ1v) is 8.51. The van der Waals surface area contributed by atoms with Gasteiger partial charge in [-0.3, -0.25) is 4.99 Å². The summed E-state index contributed by atoms with van der Waals surface area (Å²) in [7, 11) is 0. The molecule has 2 aliphatic heterocycles. The lowest BCUT2D eigenvalue weighted by molar-refractivity contribution is 0.0514. The van der Waals surface area contributed by atoms with Crippen molar-refractivity contribution in [3.63, 3.8) is 0 Å². The quantitative estimate of drug-likeness (QED) is 0.888. The summed E-state index contributed by atoms with van der Waals surface area (Å²) in [5.74, 6) is 0.891. The van der Waals surface area contributed by atoms with Gasteiger partial charge in [0.05, 0.1) is 0 Å². The maximum Gasteiger partial charge on any atom is 0.191 e. The molecule has 0 atom stereocenters. The number of hydrogen-bond donors (Lipinski definition) is 2. The van der Waals surface area contributed by atoms with E-state index in [1.165, 1.54) is 0 Å². The van der Waals surface area contributed by atoms with E-state index in [0.717, 1.165) is 68.7 Å². The lowest BCUT2D eigenvalue weighted by Gasteiger charge is -2.39. The van der Waals surface area contributed by atoms with Crippen LogP contribution in [0.2, 0.25) is 10.0 Å². The summed E-state index contributed by atoms with van der Waals surface area (Å²) >= 11 is 12.5. The fraction of sp³-hybridized carbons (Fsp3) is 0.562. The predicted octanol–water partition coefficient (Wildman–Crippen LogP) is 2.98. The lowest BCUT2D eigenvalue weighted by atomic mass is 9.74. The molecular weight excluding hydrogens is 321 g/mol. The lowest BCUT2D eigenvalue weighted by Crippen LogP contribution is -2.49. The number of halogens is 2. The molecule has 1 saturated heterocycles. The Morgan fingerprint density at radius 3 is 2.77 bits per heavy atom. The molecule has 1 aromatic rings. The van der Waals surface area contributed by atoms with Gasteiger partial charge in [0.2, 0.25) is 0 Å². The minimum atomic E-state index is -0.0401. The van der Waals surface area contributed by atoms with Crippen LogP contribution < -0.4 is 10.6 Å². The van der Waals surface area contributed by atoms with Gasteiger partial charge in [0.15, 0.2) is 5.96 Å². The highest BCUT2D eigenvalue weighted by Crippen LogP contribution is 2.39. The van der Waals surface area contributed by atoms with E-state index in [0.29, 0.717) is 5.02 Å². The van der Waals surface area contributed by atoms with Gasteiger partial charge in [-0.2, -0.15) is 0 Å². The van der Waals surface area contributed by atoms with Gasteiger partial charge in [-0.15, -0.1) is 0 Å². The molecule has 0 bridgehead atoms. The second-order valence-electron chi connectivity index (χ2n) is 5.88. The summed E-state index contributed by atoms with van der Waals surface area (Å²) in [6.07, 6.45) is 2.97. The van der Waals surface area contributed by atoms with E-state index in [1.54, 1.807) is 0 Å². The topological polar surface area (TPSA) is 45.7 Å². The minimum Gasteiger partial charge on any atom is -0.381 e. The Balaban J connectivity index is 1.82. The van der Waals surface area contributed by atoms with Gasteiger partial charge in [-0.25, -0.2) is 0 Å². The highest BCUT2D eigenvalue weighted by Gasteiger charge is 2.36. The molecule has 6 heteroatoms. The van der Waals surface area contributed by atoms with Crippen molar-refractivity contribution in [1.29, 1.82) is 0 Å². The van der Waals surface area contributed by atoms with Crippen molar-refractivity contribution >= 4 is 29.2 Å². The van der Waals surface area contributed by atoms with Crippen LogP contribution in [0, 0.1) is 0 Å². The first-order valence-electron chi connectivity index (χ1n) is 7.75. The molecule has 3 rings (SSSR count). The van der Waals surface area contributed by atoms with Crippen LogP contribution in [0.5, 0.6) is 0 Å². The van der Waals surface area contributed by atoms with Gasteiger partial charge in [0.1, 0.15) is 0 Å². The second kappa shape index (κ2) is 7.07. The Morgan fingerprint density at radius 1 is 1.27 bits per heavy atom. The van der Waals surface area contributed by atoms with Gasteiger partial charge in [-0.1, -0.05) is 29.3 Å². The molecule has 4 nitrogen and oxygen atoms in total. The maximum absolute atomic E-state index is 6.48. The van der Waals surface area contributed by atoms with Crippen LogP contribution in [0.4, 0.5) is 0 Å². The van der Waals surface area contributed by atoms with E-state index >= 15 is 0 Å². The predicted molar refractivity (Wildman–Crippen MR) is 91.1 cm³/mol. The first-order chi connectivity index (χ1) is 10.7. The first kappa shape index (κ1) is 15.9. The number of ether oxygens (including phenoxy) is 1. The summed E-state index contributed by atoms with van der Waals surface area (Å²) in [6, 6.07) is 5.79. The van der Waals surface area contributed by atoms with Crippen LogP contribution in [0.25, 0.3) is 0 Å². The van der Waals surface area contributed by atoms with E-state index in [1.807, 2.05) is 18.2 Å². The summed E-state index contributed by atoms with van der Waals surface area (Å²) in [5, 5.41) is 8.17. The van der Waals surface area contributed by atoms with E-state index in [-0.39, 0.29) is 5.41 Å². The number of hydrogen-bond acceptors (Lipinski definition) is 4. The van der Waals surface area contributed by atoms with Crippen LogP contribution >= 0.6 is 23.2 Å². The van der Waals surface area contributed by atoms with Crippen molar-refractivity contribution in [3.05, 3.63) is 33.8 Å². The molecule has 1 fully saturated rings. The molecule has 0 aromatic heterocycles. The van der Waals surface area contributed by atoms with E-state index in [2.05, 4.69) is 15.6 Å². The molecule has 2 N–H and O–H groups in total. The molecule has 0 aliphatic carbocycles. The summed E-state index contributed by atoms with van der Waals surface area (Å²) in [6.45, 7) is 4.15. The van der Waals surface area contributed by atoms with E-state index < -0.39 is 0 Å². The van der Waals surface area contributed by atoms with Gasteiger partial charge >= 0.3 is 0 Å². The number of aliphatic imine (C=N–C) groups is 1. The third kappa shape index (κ3) is 3.50. The molecule has 120 valence electrons. The molecule has 0 radical (unpaired) electrons. The zero-order valence-corrected chi connectivity index (χ0v) is 14.0. The van der Waals surface area contributed by atoms with Gasteiger partial charge in [-0.05, 0) is 37.0 Å². The third-order valence-corrected chi connectivity index (χ3v) is 4.99. The highest BCUT2D eigenvalue weighted by atomic mass is 35.5. The number of nitrogens with one attached hydrogen (secondary N) is 2. The maximum atomic E-state index is 6.48. The summed E-state index contributed by atoms with van der Waals surface area (Å²) in [4.78, 5) is 4.48. The van der Waals surface area contributed by atoms with Crippen molar-refractivity contribution in [2.45, 2.75) is 24.7 Å². The van der Waals surface area contributed by atoms with Crippen LogP contribution in [0.3, 0.4) is 0 Å².